The molecule has 0 bridgehead atoms. The van der Waals surface area contributed by atoms with Crippen molar-refractivity contribution in [2.45, 2.75) is 0 Å². The first-order valence-electron chi connectivity index (χ1n) is 3.61. The Bertz CT molecular complexity index is 325. The van der Waals surface area contributed by atoms with E-state index >= 15 is 0 Å². The van der Waals surface area contributed by atoms with E-state index in [2.05, 4.69) is 25.9 Å². The number of pyridine rings is 1. The van der Waals surface area contributed by atoms with Gasteiger partial charge in [-0.25, -0.2) is 14.4 Å². The normalized spacial score (nSPS) is 10.8. The summed E-state index contributed by atoms with van der Waals surface area (Å²) in [4.78, 5) is 9.59. The van der Waals surface area contributed by atoms with Crippen LogP contribution in [0, 0.1) is 5.82 Å². The molecule has 0 aliphatic carbocycles. The van der Waals surface area contributed by atoms with Gasteiger partial charge in [0, 0.05) is 26.4 Å². The lowest BCUT2D eigenvalue weighted by Gasteiger charge is -2.01. The van der Waals surface area contributed by atoms with E-state index in [1.165, 1.54) is 12.3 Å². The van der Waals surface area contributed by atoms with E-state index in [0.717, 1.165) is 0 Å². The zero-order valence-corrected chi connectivity index (χ0v) is 8.92. The Labute approximate surface area is 84.4 Å². The molecule has 0 saturated carbocycles. The summed E-state index contributed by atoms with van der Waals surface area (Å²) in [6.45, 7) is 0. The maximum atomic E-state index is 12.9. The van der Waals surface area contributed by atoms with Crippen LogP contribution >= 0.6 is 15.9 Å². The van der Waals surface area contributed by atoms with Gasteiger partial charge in [-0.15, -0.1) is 0 Å². The molecule has 0 saturated heterocycles. The van der Waals surface area contributed by atoms with Crippen LogP contribution in [0.15, 0.2) is 21.7 Å². The summed E-state index contributed by atoms with van der Waals surface area (Å²) in [5, 5.41) is 0. The minimum atomic E-state index is -0.360. The third-order valence-electron chi connectivity index (χ3n) is 1.22. The first-order chi connectivity index (χ1) is 6.09. The maximum Gasteiger partial charge on any atom is 0.156 e. The molecule has 0 aliphatic heterocycles. The Balaban J connectivity index is 2.85. The largest absolute Gasteiger partial charge is 0.369 e. The summed E-state index contributed by atoms with van der Waals surface area (Å²) in [5.74, 6) is -0.00435. The number of aliphatic imine (C=N–C) groups is 1. The highest BCUT2D eigenvalue weighted by molar-refractivity contribution is 9.10. The lowest BCUT2D eigenvalue weighted by atomic mass is 10.4. The van der Waals surface area contributed by atoms with Gasteiger partial charge in [-0.2, -0.15) is 0 Å². The topological polar surface area (TPSA) is 28.5 Å². The van der Waals surface area contributed by atoms with Gasteiger partial charge in [0.25, 0.3) is 0 Å². The predicted molar refractivity (Wildman–Crippen MR) is 53.7 cm³/mol. The molecule has 0 amide bonds. The fourth-order valence-corrected chi connectivity index (χ4v) is 0.866. The molecule has 0 aromatic carbocycles. The van der Waals surface area contributed by atoms with Gasteiger partial charge < -0.3 is 4.90 Å². The molecule has 1 aromatic rings. The van der Waals surface area contributed by atoms with Crippen molar-refractivity contribution in [2.24, 2.45) is 4.99 Å². The molecule has 0 atom stereocenters. The highest BCUT2D eigenvalue weighted by atomic mass is 79.9. The van der Waals surface area contributed by atoms with E-state index in [0.29, 0.717) is 10.3 Å². The van der Waals surface area contributed by atoms with Gasteiger partial charge in [-0.05, 0) is 15.9 Å². The van der Waals surface area contributed by atoms with E-state index in [1.807, 2.05) is 14.1 Å². The van der Waals surface area contributed by atoms with Crippen molar-refractivity contribution in [3.8, 4) is 0 Å². The number of nitrogens with zero attached hydrogens (tertiary/aromatic N) is 3. The molecule has 0 radical (unpaired) electrons. The van der Waals surface area contributed by atoms with Crippen molar-refractivity contribution < 1.29 is 4.39 Å². The molecule has 13 heavy (non-hydrogen) atoms. The Hall–Kier alpha value is -0.970. The van der Waals surface area contributed by atoms with Gasteiger partial charge in [0.1, 0.15) is 5.82 Å². The number of aromatic nitrogens is 1. The molecule has 0 N–H and O–H groups in total. The predicted octanol–water partition coefficient (Wildman–Crippen LogP) is 2.20. The molecule has 1 aromatic heterocycles. The van der Waals surface area contributed by atoms with Gasteiger partial charge in [0.2, 0.25) is 0 Å². The van der Waals surface area contributed by atoms with E-state index < -0.39 is 0 Å². The zero-order chi connectivity index (χ0) is 9.84. The van der Waals surface area contributed by atoms with Crippen molar-refractivity contribution in [1.82, 2.24) is 9.88 Å². The highest BCUT2D eigenvalue weighted by Gasteiger charge is 1.99. The Morgan fingerprint density at radius 3 is 2.85 bits per heavy atom. The molecule has 1 heterocycles. The van der Waals surface area contributed by atoms with Crippen LogP contribution in [0.4, 0.5) is 10.2 Å². The number of hydrogen-bond donors (Lipinski definition) is 0. The van der Waals surface area contributed by atoms with Crippen LogP contribution < -0.4 is 0 Å². The third kappa shape index (κ3) is 3.10. The molecule has 1 rings (SSSR count). The fourth-order valence-electron chi connectivity index (χ4n) is 0.649. The van der Waals surface area contributed by atoms with Crippen LogP contribution in [0.2, 0.25) is 0 Å². The molecule has 0 unspecified atom stereocenters. The van der Waals surface area contributed by atoms with Crippen molar-refractivity contribution in [2.75, 3.05) is 14.1 Å². The average Bonchev–Trinajstić information content (AvgIpc) is 2.07. The molecule has 0 spiro atoms. The highest BCUT2D eigenvalue weighted by Crippen LogP contribution is 2.17. The lowest BCUT2D eigenvalue weighted by Crippen LogP contribution is -2.07. The molecule has 0 aliphatic rings. The quantitative estimate of drug-likeness (QED) is 0.591. The van der Waals surface area contributed by atoms with Crippen molar-refractivity contribution >= 4 is 28.1 Å². The molecule has 5 heteroatoms. The first kappa shape index (κ1) is 10.1. The summed E-state index contributed by atoms with van der Waals surface area (Å²) >= 11 is 3.01. The summed E-state index contributed by atoms with van der Waals surface area (Å²) < 4.78 is 13.3. The molecular weight excluding hydrogens is 237 g/mol. The minimum Gasteiger partial charge on any atom is -0.369 e. The monoisotopic (exact) mass is 245 g/mol. The number of hydrogen-bond acceptors (Lipinski definition) is 2. The van der Waals surface area contributed by atoms with Gasteiger partial charge in [-0.1, -0.05) is 0 Å². The van der Waals surface area contributed by atoms with Gasteiger partial charge in [-0.3, -0.25) is 0 Å². The summed E-state index contributed by atoms with van der Waals surface area (Å²) in [6, 6.07) is 1.27. The van der Waals surface area contributed by atoms with Crippen molar-refractivity contribution in [3.05, 3.63) is 22.6 Å². The summed E-state index contributed by atoms with van der Waals surface area (Å²) in [5.41, 5.74) is 0. The molecule has 70 valence electrons. The Kier molecular flexibility index (Phi) is 3.36. The maximum absolute atomic E-state index is 12.9. The van der Waals surface area contributed by atoms with Crippen LogP contribution in [-0.2, 0) is 0 Å². The van der Waals surface area contributed by atoms with E-state index in [4.69, 9.17) is 0 Å². The van der Waals surface area contributed by atoms with Crippen LogP contribution in [0.1, 0.15) is 0 Å². The minimum absolute atomic E-state index is 0.344. The SMILES string of the molecule is CN(C)/C=N/c1cc(F)c(Br)cn1. The number of rotatable bonds is 2. The van der Waals surface area contributed by atoms with Crippen LogP contribution in [0.25, 0.3) is 0 Å². The lowest BCUT2D eigenvalue weighted by molar-refractivity contribution is 0.618. The van der Waals surface area contributed by atoms with E-state index in [9.17, 15) is 4.39 Å². The summed E-state index contributed by atoms with van der Waals surface area (Å²) in [6.07, 6.45) is 2.95. The first-order valence-corrected chi connectivity index (χ1v) is 4.40. The Morgan fingerprint density at radius 1 is 1.62 bits per heavy atom. The van der Waals surface area contributed by atoms with Gasteiger partial charge in [0.05, 0.1) is 10.8 Å². The summed E-state index contributed by atoms with van der Waals surface area (Å²) in [7, 11) is 3.66. The average molecular weight is 246 g/mol. The van der Waals surface area contributed by atoms with Gasteiger partial charge in [0.15, 0.2) is 5.82 Å². The fraction of sp³-hybridized carbons (Fsp3) is 0.250. The zero-order valence-electron chi connectivity index (χ0n) is 7.33. The molecular formula is C8H9BrFN3. The van der Waals surface area contributed by atoms with E-state index in [1.54, 1.807) is 11.2 Å². The van der Waals surface area contributed by atoms with Crippen LogP contribution in [0.5, 0.6) is 0 Å². The molecule has 3 nitrogen and oxygen atoms in total. The molecule has 0 fully saturated rings. The van der Waals surface area contributed by atoms with Crippen molar-refractivity contribution in [1.29, 1.82) is 0 Å². The number of halogens is 2. The standard InChI is InChI=1S/C8H9BrFN3/c1-13(2)5-12-8-3-7(10)6(9)4-11-8/h3-5H,1-2H3/b12-5+. The van der Waals surface area contributed by atoms with Crippen molar-refractivity contribution in [3.63, 3.8) is 0 Å². The third-order valence-corrected chi connectivity index (χ3v) is 1.80. The Morgan fingerprint density at radius 2 is 2.31 bits per heavy atom. The van der Waals surface area contributed by atoms with Crippen LogP contribution in [0.3, 0.4) is 0 Å². The van der Waals surface area contributed by atoms with Gasteiger partial charge >= 0.3 is 0 Å². The second-order valence-corrected chi connectivity index (χ2v) is 3.52. The van der Waals surface area contributed by atoms with Crippen LogP contribution in [-0.4, -0.2) is 30.3 Å². The smallest absolute Gasteiger partial charge is 0.156 e. The second kappa shape index (κ2) is 4.32. The second-order valence-electron chi connectivity index (χ2n) is 2.66. The van der Waals surface area contributed by atoms with E-state index in [-0.39, 0.29) is 5.82 Å².